The van der Waals surface area contributed by atoms with Gasteiger partial charge in [-0.25, -0.2) is 0 Å². The molecule has 0 saturated carbocycles. The van der Waals surface area contributed by atoms with E-state index >= 15 is 0 Å². The molecule has 2 fully saturated rings. The van der Waals surface area contributed by atoms with Crippen molar-refractivity contribution in [1.82, 2.24) is 14.7 Å². The fourth-order valence-electron chi connectivity index (χ4n) is 4.16. The van der Waals surface area contributed by atoms with Gasteiger partial charge in [-0.15, -0.1) is 0 Å². The van der Waals surface area contributed by atoms with Crippen LogP contribution in [0.1, 0.15) is 31.7 Å². The average molecular weight is 378 g/mol. The maximum atomic E-state index is 12.9. The van der Waals surface area contributed by atoms with Crippen LogP contribution in [0.3, 0.4) is 0 Å². The van der Waals surface area contributed by atoms with E-state index < -0.39 is 0 Å². The average Bonchev–Trinajstić information content (AvgIpc) is 2.79. The fourth-order valence-corrected chi connectivity index (χ4v) is 4.36. The molecule has 0 aliphatic carbocycles. The van der Waals surface area contributed by atoms with Crippen LogP contribution in [0.5, 0.6) is 0 Å². The molecule has 1 spiro atoms. The molecule has 1 aromatic carbocycles. The van der Waals surface area contributed by atoms with Crippen LogP contribution in [0.15, 0.2) is 24.3 Å². The molecule has 5 nitrogen and oxygen atoms in total. The number of amides is 2. The lowest BCUT2D eigenvalue weighted by molar-refractivity contribution is -0.136. The molecule has 142 valence electrons. The number of likely N-dealkylation sites (N-methyl/N-ethyl adjacent to an activating group) is 1. The molecule has 2 heterocycles. The first-order valence-corrected chi connectivity index (χ1v) is 9.83. The van der Waals surface area contributed by atoms with E-state index in [1.54, 1.807) is 0 Å². The molecule has 26 heavy (non-hydrogen) atoms. The van der Waals surface area contributed by atoms with Gasteiger partial charge in [-0.3, -0.25) is 14.5 Å². The molecular weight excluding hydrogens is 350 g/mol. The summed E-state index contributed by atoms with van der Waals surface area (Å²) in [6.45, 7) is 5.82. The molecule has 2 aliphatic heterocycles. The Kier molecular flexibility index (Phi) is 5.88. The van der Waals surface area contributed by atoms with Gasteiger partial charge >= 0.3 is 0 Å². The number of hydrogen-bond acceptors (Lipinski definition) is 3. The van der Waals surface area contributed by atoms with Crippen molar-refractivity contribution in [2.45, 2.75) is 38.1 Å². The third-order valence-electron chi connectivity index (χ3n) is 6.04. The second-order valence-corrected chi connectivity index (χ2v) is 7.86. The third kappa shape index (κ3) is 3.89. The zero-order chi connectivity index (χ0) is 18.7. The highest BCUT2D eigenvalue weighted by Crippen LogP contribution is 2.32. The van der Waals surface area contributed by atoms with Crippen molar-refractivity contribution in [3.8, 4) is 0 Å². The summed E-state index contributed by atoms with van der Waals surface area (Å²) in [4.78, 5) is 31.4. The second kappa shape index (κ2) is 7.97. The zero-order valence-electron chi connectivity index (χ0n) is 15.7. The van der Waals surface area contributed by atoms with Crippen LogP contribution in [-0.4, -0.2) is 71.8 Å². The summed E-state index contributed by atoms with van der Waals surface area (Å²) in [5.41, 5.74) is 0.772. The van der Waals surface area contributed by atoms with Crippen molar-refractivity contribution in [2.75, 3.05) is 39.8 Å². The van der Waals surface area contributed by atoms with Crippen molar-refractivity contribution >= 4 is 23.4 Å². The van der Waals surface area contributed by atoms with E-state index in [4.69, 9.17) is 11.6 Å². The molecule has 0 unspecified atom stereocenters. The van der Waals surface area contributed by atoms with Gasteiger partial charge in [-0.05, 0) is 38.4 Å². The monoisotopic (exact) mass is 377 g/mol. The lowest BCUT2D eigenvalue weighted by atomic mass is 9.86. The summed E-state index contributed by atoms with van der Waals surface area (Å²) in [6.07, 6.45) is 2.62. The SMILES string of the molecule is CCN1CC[C@@]2(CCC1=O)CN(C(=O)Cc1ccccc1Cl)CCN2C. The summed E-state index contributed by atoms with van der Waals surface area (Å²) in [6, 6.07) is 7.53. The highest BCUT2D eigenvalue weighted by atomic mass is 35.5. The Balaban J connectivity index is 1.72. The Hall–Kier alpha value is -1.59. The van der Waals surface area contributed by atoms with E-state index in [0.717, 1.165) is 44.6 Å². The van der Waals surface area contributed by atoms with Crippen LogP contribution in [0.4, 0.5) is 0 Å². The van der Waals surface area contributed by atoms with Crippen molar-refractivity contribution in [3.05, 3.63) is 34.9 Å². The summed E-state index contributed by atoms with van der Waals surface area (Å²) in [5.74, 6) is 0.353. The molecule has 0 N–H and O–H groups in total. The van der Waals surface area contributed by atoms with Crippen molar-refractivity contribution < 1.29 is 9.59 Å². The topological polar surface area (TPSA) is 43.9 Å². The predicted molar refractivity (Wildman–Crippen MR) is 103 cm³/mol. The Morgan fingerprint density at radius 2 is 1.96 bits per heavy atom. The van der Waals surface area contributed by atoms with E-state index in [0.29, 0.717) is 24.4 Å². The van der Waals surface area contributed by atoms with Crippen LogP contribution in [0.25, 0.3) is 0 Å². The second-order valence-electron chi connectivity index (χ2n) is 7.45. The number of benzene rings is 1. The van der Waals surface area contributed by atoms with Gasteiger partial charge in [0.25, 0.3) is 0 Å². The summed E-state index contributed by atoms with van der Waals surface area (Å²) < 4.78 is 0. The number of hydrogen-bond donors (Lipinski definition) is 0. The number of nitrogens with zero attached hydrogens (tertiary/aromatic N) is 3. The number of carbonyl (C=O) groups excluding carboxylic acids is 2. The Morgan fingerprint density at radius 1 is 1.19 bits per heavy atom. The Labute approximate surface area is 160 Å². The van der Waals surface area contributed by atoms with Gasteiger partial charge in [0.05, 0.1) is 6.42 Å². The van der Waals surface area contributed by atoms with Gasteiger partial charge in [0.1, 0.15) is 0 Å². The maximum Gasteiger partial charge on any atom is 0.227 e. The van der Waals surface area contributed by atoms with Crippen molar-refractivity contribution in [1.29, 1.82) is 0 Å². The molecule has 0 radical (unpaired) electrons. The molecule has 2 saturated heterocycles. The third-order valence-corrected chi connectivity index (χ3v) is 6.41. The van der Waals surface area contributed by atoms with Crippen LogP contribution >= 0.6 is 11.6 Å². The van der Waals surface area contributed by atoms with E-state index in [1.165, 1.54) is 0 Å². The lowest BCUT2D eigenvalue weighted by Gasteiger charge is -2.49. The fraction of sp³-hybridized carbons (Fsp3) is 0.600. The summed E-state index contributed by atoms with van der Waals surface area (Å²) >= 11 is 6.22. The van der Waals surface area contributed by atoms with Crippen LogP contribution in [0, 0.1) is 0 Å². The first-order chi connectivity index (χ1) is 12.4. The molecule has 1 aromatic rings. The molecule has 0 aromatic heterocycles. The van der Waals surface area contributed by atoms with E-state index in [1.807, 2.05) is 41.0 Å². The highest BCUT2D eigenvalue weighted by molar-refractivity contribution is 6.31. The number of carbonyl (C=O) groups is 2. The Bertz CT molecular complexity index is 681. The van der Waals surface area contributed by atoms with Gasteiger partial charge in [-0.1, -0.05) is 29.8 Å². The van der Waals surface area contributed by atoms with Gasteiger partial charge in [-0.2, -0.15) is 0 Å². The standard InChI is InChI=1S/C20H28ClN3O2/c1-3-23-11-10-20(9-8-18(23)25)15-24(13-12-22(20)2)19(26)14-16-6-4-5-7-17(16)21/h4-7H,3,8-15H2,1-2H3/t20-/m0/s1. The molecular formula is C20H28ClN3O2. The van der Waals surface area contributed by atoms with E-state index in [2.05, 4.69) is 11.9 Å². The van der Waals surface area contributed by atoms with Crippen LogP contribution in [0.2, 0.25) is 5.02 Å². The zero-order valence-corrected chi connectivity index (χ0v) is 16.5. The van der Waals surface area contributed by atoms with Gasteiger partial charge in [0.15, 0.2) is 0 Å². The minimum Gasteiger partial charge on any atom is -0.343 e. The summed E-state index contributed by atoms with van der Waals surface area (Å²) in [5, 5.41) is 0.642. The number of halogens is 1. The highest BCUT2D eigenvalue weighted by Gasteiger charge is 2.43. The van der Waals surface area contributed by atoms with Crippen LogP contribution in [-0.2, 0) is 16.0 Å². The molecule has 2 amide bonds. The smallest absolute Gasteiger partial charge is 0.227 e. The van der Waals surface area contributed by atoms with Gasteiger partial charge in [0.2, 0.25) is 11.8 Å². The Morgan fingerprint density at radius 3 is 2.69 bits per heavy atom. The first-order valence-electron chi connectivity index (χ1n) is 9.45. The quantitative estimate of drug-likeness (QED) is 0.812. The molecule has 2 aliphatic rings. The number of piperazine rings is 1. The largest absolute Gasteiger partial charge is 0.343 e. The molecule has 0 bridgehead atoms. The minimum atomic E-state index is -0.103. The molecule has 3 rings (SSSR count). The normalized spacial score (nSPS) is 24.8. The predicted octanol–water partition coefficient (Wildman–Crippen LogP) is 2.43. The maximum absolute atomic E-state index is 12.9. The number of likely N-dealkylation sites (tertiary alicyclic amines) is 1. The van der Waals surface area contributed by atoms with E-state index in [-0.39, 0.29) is 17.4 Å². The first kappa shape index (κ1) is 19.2. The lowest BCUT2D eigenvalue weighted by Crippen LogP contribution is -2.62. The van der Waals surface area contributed by atoms with Crippen LogP contribution < -0.4 is 0 Å². The summed E-state index contributed by atoms with van der Waals surface area (Å²) in [7, 11) is 2.13. The van der Waals surface area contributed by atoms with Crippen molar-refractivity contribution in [3.63, 3.8) is 0 Å². The van der Waals surface area contributed by atoms with Gasteiger partial charge < -0.3 is 9.80 Å². The van der Waals surface area contributed by atoms with Gasteiger partial charge in [0, 0.05) is 49.7 Å². The number of rotatable bonds is 3. The molecule has 1 atom stereocenters. The van der Waals surface area contributed by atoms with E-state index in [9.17, 15) is 9.59 Å². The molecule has 6 heteroatoms. The van der Waals surface area contributed by atoms with Crippen molar-refractivity contribution in [2.24, 2.45) is 0 Å². The minimum absolute atomic E-state index is 0.103.